The average Bonchev–Trinajstić information content (AvgIpc) is 3.26. The summed E-state index contributed by atoms with van der Waals surface area (Å²) in [5.74, 6) is 0. The van der Waals surface area contributed by atoms with Gasteiger partial charge in [0.2, 0.25) is 5.13 Å². The number of carbonyl (C=O) groups excluding carboxylic acids is 1. The summed E-state index contributed by atoms with van der Waals surface area (Å²) >= 11 is 1.14. The molecule has 8 nitrogen and oxygen atoms in total. The van der Waals surface area contributed by atoms with E-state index in [4.69, 9.17) is 9.47 Å². The van der Waals surface area contributed by atoms with Gasteiger partial charge in [0.15, 0.2) is 0 Å². The molecule has 0 radical (unpaired) electrons. The van der Waals surface area contributed by atoms with E-state index in [0.717, 1.165) is 28.2 Å². The Morgan fingerprint density at radius 1 is 1.36 bits per heavy atom. The zero-order chi connectivity index (χ0) is 17.6. The number of amides is 1. The number of ether oxygens (including phenoxy) is 2. The number of nitrogens with one attached hydrogen (secondary N) is 1. The maximum absolute atomic E-state index is 11.3. The molecule has 0 spiro atoms. The number of aryl methyl sites for hydroxylation is 1. The molecule has 25 heavy (non-hydrogen) atoms. The minimum atomic E-state index is -0.559. The van der Waals surface area contributed by atoms with E-state index in [-0.39, 0.29) is 0 Å². The van der Waals surface area contributed by atoms with Crippen LogP contribution in [0.3, 0.4) is 0 Å². The van der Waals surface area contributed by atoms with Gasteiger partial charge in [-0.2, -0.15) is 0 Å². The Bertz CT molecular complexity index is 847. The molecule has 0 atom stereocenters. The number of carbonyl (C=O) groups is 1. The van der Waals surface area contributed by atoms with E-state index in [2.05, 4.69) is 26.6 Å². The van der Waals surface area contributed by atoms with Crippen LogP contribution in [0.1, 0.15) is 18.1 Å². The lowest BCUT2D eigenvalue weighted by atomic mass is 10.1. The van der Waals surface area contributed by atoms with Gasteiger partial charge in [-0.05, 0) is 48.4 Å². The van der Waals surface area contributed by atoms with Crippen molar-refractivity contribution < 1.29 is 14.3 Å². The van der Waals surface area contributed by atoms with Crippen LogP contribution in [0.15, 0.2) is 36.9 Å². The van der Waals surface area contributed by atoms with Gasteiger partial charge >= 0.3 is 6.09 Å². The predicted octanol–water partition coefficient (Wildman–Crippen LogP) is 3.18. The van der Waals surface area contributed by atoms with Crippen LogP contribution >= 0.6 is 11.3 Å². The minimum absolute atomic E-state index is 0.294. The molecule has 0 aliphatic carbocycles. The molecule has 130 valence electrons. The molecule has 0 saturated heterocycles. The van der Waals surface area contributed by atoms with Crippen molar-refractivity contribution in [1.29, 1.82) is 0 Å². The number of anilines is 1. The van der Waals surface area contributed by atoms with Gasteiger partial charge in [-0.3, -0.25) is 5.32 Å². The van der Waals surface area contributed by atoms with Gasteiger partial charge in [-0.1, -0.05) is 11.2 Å². The van der Waals surface area contributed by atoms with E-state index >= 15 is 0 Å². The van der Waals surface area contributed by atoms with Gasteiger partial charge in [0, 0.05) is 18.1 Å². The van der Waals surface area contributed by atoms with E-state index in [0.29, 0.717) is 23.5 Å². The van der Waals surface area contributed by atoms with Gasteiger partial charge in [0.05, 0.1) is 12.9 Å². The highest BCUT2D eigenvalue weighted by Crippen LogP contribution is 2.24. The zero-order valence-corrected chi connectivity index (χ0v) is 14.6. The molecule has 3 rings (SSSR count). The zero-order valence-electron chi connectivity index (χ0n) is 13.8. The molecular weight excluding hydrogens is 342 g/mol. The quantitative estimate of drug-likeness (QED) is 0.727. The topological polar surface area (TPSA) is 91.2 Å². The molecule has 3 aromatic rings. The van der Waals surface area contributed by atoms with Crippen LogP contribution in [0.2, 0.25) is 0 Å². The van der Waals surface area contributed by atoms with E-state index in [1.165, 1.54) is 0 Å². The Labute approximate surface area is 148 Å². The summed E-state index contributed by atoms with van der Waals surface area (Å²) in [6.45, 7) is 4.41. The summed E-state index contributed by atoms with van der Waals surface area (Å²) in [5, 5.41) is 10.9. The highest BCUT2D eigenvalue weighted by molar-refractivity contribution is 7.17. The average molecular weight is 359 g/mol. The van der Waals surface area contributed by atoms with Gasteiger partial charge in [0.25, 0.3) is 5.19 Å². The molecule has 0 aliphatic rings. The third-order valence-electron chi connectivity index (χ3n) is 3.37. The van der Waals surface area contributed by atoms with Crippen molar-refractivity contribution in [2.75, 3.05) is 11.9 Å². The van der Waals surface area contributed by atoms with Crippen LogP contribution in [-0.2, 0) is 11.3 Å². The normalized spacial score (nSPS) is 10.5. The van der Waals surface area contributed by atoms with Gasteiger partial charge < -0.3 is 14.0 Å². The highest BCUT2D eigenvalue weighted by Gasteiger charge is 2.10. The molecule has 0 fully saturated rings. The Morgan fingerprint density at radius 3 is 2.96 bits per heavy atom. The van der Waals surface area contributed by atoms with Gasteiger partial charge in [-0.25, -0.2) is 9.78 Å². The molecule has 0 unspecified atom stereocenters. The molecule has 1 N–H and O–H groups in total. The molecule has 0 saturated carbocycles. The van der Waals surface area contributed by atoms with E-state index in [1.807, 2.05) is 29.8 Å². The van der Waals surface area contributed by atoms with E-state index in [1.54, 1.807) is 19.4 Å². The summed E-state index contributed by atoms with van der Waals surface area (Å²) < 4.78 is 12.4. The lowest BCUT2D eigenvalue weighted by Crippen LogP contribution is -2.12. The molecule has 2 heterocycles. The second kappa shape index (κ2) is 7.75. The number of hydrogen-bond donors (Lipinski definition) is 1. The molecule has 1 amide bonds. The summed E-state index contributed by atoms with van der Waals surface area (Å²) in [7, 11) is 0. The van der Waals surface area contributed by atoms with Crippen molar-refractivity contribution in [1.82, 2.24) is 19.7 Å². The van der Waals surface area contributed by atoms with E-state index < -0.39 is 6.09 Å². The Hall–Kier alpha value is -2.94. The molecule has 9 heteroatoms. The van der Waals surface area contributed by atoms with Crippen molar-refractivity contribution in [3.63, 3.8) is 0 Å². The van der Waals surface area contributed by atoms with Crippen LogP contribution in [-0.4, -0.2) is 32.4 Å². The van der Waals surface area contributed by atoms with E-state index in [9.17, 15) is 4.79 Å². The van der Waals surface area contributed by atoms with Crippen LogP contribution in [0, 0.1) is 6.92 Å². The van der Waals surface area contributed by atoms with Crippen molar-refractivity contribution in [2.24, 2.45) is 0 Å². The van der Waals surface area contributed by atoms with Crippen molar-refractivity contribution in [2.45, 2.75) is 20.5 Å². The monoisotopic (exact) mass is 359 g/mol. The third kappa shape index (κ3) is 4.32. The lowest BCUT2D eigenvalue weighted by molar-refractivity contribution is 0.168. The number of hydrogen-bond acceptors (Lipinski definition) is 7. The summed E-state index contributed by atoms with van der Waals surface area (Å²) in [5.41, 5.74) is 3.18. The molecule has 0 bridgehead atoms. The van der Waals surface area contributed by atoms with Crippen LogP contribution in [0.25, 0.3) is 5.69 Å². The van der Waals surface area contributed by atoms with Crippen LogP contribution in [0.5, 0.6) is 5.19 Å². The van der Waals surface area contributed by atoms with Gasteiger partial charge in [0.1, 0.15) is 6.61 Å². The fourth-order valence-electron chi connectivity index (χ4n) is 2.13. The van der Waals surface area contributed by atoms with Crippen LogP contribution < -0.4 is 10.1 Å². The highest BCUT2D eigenvalue weighted by atomic mass is 32.1. The standard InChI is InChI=1S/C16H17N5O3S/c1-3-23-15(22)18-14-19-20-16(25-14)24-9-12-4-5-13(8-11(12)2)21-7-6-17-10-21/h4-8,10H,3,9H2,1-2H3,(H,18,19,22). The third-order valence-corrected chi connectivity index (χ3v) is 4.12. The maximum Gasteiger partial charge on any atom is 0.413 e. The molecule has 0 aliphatic heterocycles. The molecule has 1 aromatic carbocycles. The van der Waals surface area contributed by atoms with Gasteiger partial charge in [-0.15, -0.1) is 5.10 Å². The second-order valence-corrected chi connectivity index (χ2v) is 6.03. The van der Waals surface area contributed by atoms with Crippen LogP contribution in [0.4, 0.5) is 9.93 Å². The summed E-state index contributed by atoms with van der Waals surface area (Å²) in [6, 6.07) is 6.07. The maximum atomic E-state index is 11.3. The number of imidazole rings is 1. The first-order valence-corrected chi connectivity index (χ1v) is 8.45. The lowest BCUT2D eigenvalue weighted by Gasteiger charge is -2.09. The summed E-state index contributed by atoms with van der Waals surface area (Å²) in [6.07, 6.45) is 4.83. The fourth-order valence-corrected chi connectivity index (χ4v) is 2.71. The van der Waals surface area contributed by atoms with Crippen molar-refractivity contribution >= 4 is 22.6 Å². The first-order valence-electron chi connectivity index (χ1n) is 7.63. The second-order valence-electron chi connectivity index (χ2n) is 5.09. The smallest absolute Gasteiger partial charge is 0.413 e. The molecule has 2 aromatic heterocycles. The first kappa shape index (κ1) is 16.9. The fraction of sp³-hybridized carbons (Fsp3) is 0.250. The van der Waals surface area contributed by atoms with Crippen molar-refractivity contribution in [3.8, 4) is 10.9 Å². The first-order chi connectivity index (χ1) is 12.2. The van der Waals surface area contributed by atoms with Crippen molar-refractivity contribution in [3.05, 3.63) is 48.0 Å². The number of benzene rings is 1. The molecular formula is C16H17N5O3S. The number of nitrogens with zero attached hydrogens (tertiary/aromatic N) is 4. The number of aromatic nitrogens is 4. The Kier molecular flexibility index (Phi) is 5.24. The predicted molar refractivity (Wildman–Crippen MR) is 93.2 cm³/mol. The minimum Gasteiger partial charge on any atom is -0.464 e. The Balaban J connectivity index is 1.60. The summed E-state index contributed by atoms with van der Waals surface area (Å²) in [4.78, 5) is 15.4. The number of rotatable bonds is 6. The Morgan fingerprint density at radius 2 is 2.24 bits per heavy atom. The SMILES string of the molecule is CCOC(=O)Nc1nnc(OCc2ccc(-n3ccnc3)cc2C)s1. The largest absolute Gasteiger partial charge is 0.464 e.